The monoisotopic (exact) mass is 1860 g/mol. The Hall–Kier alpha value is -11.9. The smallest absolute Gasteiger partial charge is 0.294 e. The van der Waals surface area contributed by atoms with E-state index in [-0.39, 0.29) is 94.0 Å². The highest BCUT2D eigenvalue weighted by atomic mass is 35.5. The molecular weight excluding hydrogens is 1800 g/mol. The summed E-state index contributed by atoms with van der Waals surface area (Å²) in [4.78, 5) is 50.1. The Morgan fingerprint density at radius 3 is 1.00 bits per heavy atom. The van der Waals surface area contributed by atoms with Crippen molar-refractivity contribution < 1.29 is 70.2 Å². The van der Waals surface area contributed by atoms with Crippen molar-refractivity contribution in [3.05, 3.63) is 371 Å². The van der Waals surface area contributed by atoms with Gasteiger partial charge in [0.25, 0.3) is 0 Å². The quantitative estimate of drug-likeness (QED) is 0.0845. The first-order valence-electron chi connectivity index (χ1n) is 38.0. The minimum absolute atomic E-state index is 0.0123. The zero-order valence-corrected chi connectivity index (χ0v) is 69.8. The van der Waals surface area contributed by atoms with Gasteiger partial charge in [-0.1, -0.05) is 258 Å². The van der Waals surface area contributed by atoms with Gasteiger partial charge in [0.05, 0.1) is 62.0 Å². The van der Waals surface area contributed by atoms with E-state index in [0.29, 0.717) is 59.3 Å². The lowest BCUT2D eigenvalue weighted by molar-refractivity contribution is -0.137. The number of halogens is 22. The fraction of sp³-hybridized carbons (Fsp3) is 0.141. The lowest BCUT2D eigenvalue weighted by Crippen LogP contribution is -2.31. The van der Waals surface area contributed by atoms with Crippen molar-refractivity contribution in [2.75, 3.05) is 13.1 Å². The summed E-state index contributed by atoms with van der Waals surface area (Å²) in [5.41, 5.74) is 2.79. The van der Waals surface area contributed by atoms with Gasteiger partial charge in [-0.2, -0.15) is 65.9 Å². The third-order valence-corrected chi connectivity index (χ3v) is 20.9. The van der Waals surface area contributed by atoms with Gasteiger partial charge >= 0.3 is 30.9 Å². The van der Waals surface area contributed by atoms with Crippen LogP contribution in [0.2, 0.25) is 30.8 Å². The highest BCUT2D eigenvalue weighted by Crippen LogP contribution is 2.44. The Labute approximate surface area is 744 Å². The topological polar surface area (TPSA) is 148 Å². The molecule has 0 aliphatic carbocycles. The molecule has 8 heterocycles. The van der Waals surface area contributed by atoms with Crippen molar-refractivity contribution in [2.45, 2.75) is 69.9 Å². The summed E-state index contributed by atoms with van der Waals surface area (Å²) in [6.07, 6.45) is -19.7. The predicted octanol–water partition coefficient (Wildman–Crippen LogP) is 27.4. The van der Waals surface area contributed by atoms with Gasteiger partial charge in [-0.25, -0.2) is 54.2 Å². The highest BCUT2D eigenvalue weighted by Gasteiger charge is 2.40. The van der Waals surface area contributed by atoms with E-state index in [1.54, 1.807) is 66.9 Å². The molecule has 17 rings (SSSR count). The van der Waals surface area contributed by atoms with E-state index < -0.39 is 64.5 Å². The van der Waals surface area contributed by atoms with Crippen molar-refractivity contribution in [3.8, 4) is 90.8 Å². The number of aromatic nitrogens is 11. The molecule has 2 aliphatic heterocycles. The maximum atomic E-state index is 13.9. The van der Waals surface area contributed by atoms with Crippen LogP contribution in [0.15, 0.2) is 273 Å². The van der Waals surface area contributed by atoms with E-state index in [0.717, 1.165) is 73.3 Å². The maximum absolute atomic E-state index is 13.9. The maximum Gasteiger partial charge on any atom is 0.417 e. The summed E-state index contributed by atoms with van der Waals surface area (Å²) in [7, 11) is 0. The summed E-state index contributed by atoms with van der Waals surface area (Å²) in [5, 5.41) is 0.878. The van der Waals surface area contributed by atoms with Crippen LogP contribution >= 0.6 is 69.6 Å². The summed E-state index contributed by atoms with van der Waals surface area (Å²) >= 11 is 36.7. The predicted molar refractivity (Wildman–Crippen MR) is 455 cm³/mol. The van der Waals surface area contributed by atoms with Crippen molar-refractivity contribution >= 4 is 69.6 Å². The normalized spacial score (nSPS) is 12.9. The average Bonchev–Trinajstić information content (AvgIpc) is 0.798. The molecule has 0 bridgehead atoms. The standard InChI is InChI=1S/2C21H17ClF3N3.C17H9Cl2F3N2.C17H9ClF4N2.C16H9ClF3N3/c22-19-16-13-28(12-14-6-2-1-3-7-14)11-10-18(16)26-20(27-19)15-8-4-5-9-17(15)21(23,24)25;22-19-16-10-11-28(12-14-6-2-1-3-7-14)13-18(16)26-20(27-19)15-8-4-5-9-17(15)21(23,24)25;18-13-8-4-2-6-11(13)14-9-15(19)24-16(23-14)10-5-1-3-7-12(10)17(20,21)22;18-15-9-14(11-6-2-4-8-13(11)19)23-16(24-15)10-5-1-3-7-12(10)17(20,21)22;17-14-9-13(12-7-3-4-8-21-12)22-15(23-14)10-5-1-2-6-11(10)16(18,19)20/h2*1-9H,10-13H2;2*1-9H;1-9H. The van der Waals surface area contributed by atoms with E-state index in [9.17, 15) is 70.2 Å². The third kappa shape index (κ3) is 23.9. The highest BCUT2D eigenvalue weighted by molar-refractivity contribution is 6.34. The number of hydrogen-bond donors (Lipinski definition) is 0. The minimum atomic E-state index is -4.57. The molecule has 0 unspecified atom stereocenters. The lowest BCUT2D eigenvalue weighted by Gasteiger charge is -2.28. The van der Waals surface area contributed by atoms with Gasteiger partial charge in [0, 0.05) is 125 Å². The fourth-order valence-corrected chi connectivity index (χ4v) is 14.9. The molecule has 0 N–H and O–H groups in total. The van der Waals surface area contributed by atoms with Crippen molar-refractivity contribution in [1.82, 2.24) is 64.6 Å². The summed E-state index contributed by atoms with van der Waals surface area (Å²) in [6, 6.07) is 67.9. The van der Waals surface area contributed by atoms with E-state index in [4.69, 9.17) is 69.6 Å². The molecule has 127 heavy (non-hydrogen) atoms. The van der Waals surface area contributed by atoms with Gasteiger partial charge in [0.2, 0.25) is 0 Å². The first-order chi connectivity index (χ1) is 60.5. The van der Waals surface area contributed by atoms with Crippen LogP contribution in [0.4, 0.5) is 70.2 Å². The van der Waals surface area contributed by atoms with Crippen molar-refractivity contribution in [2.24, 2.45) is 0 Å². The number of rotatable bonds is 12. The van der Waals surface area contributed by atoms with Crippen LogP contribution in [0.25, 0.3) is 90.8 Å². The first-order valence-corrected chi connectivity index (χ1v) is 40.3. The molecule has 0 spiro atoms. The van der Waals surface area contributed by atoms with Gasteiger partial charge in [-0.05, 0) is 78.2 Å². The van der Waals surface area contributed by atoms with Gasteiger partial charge < -0.3 is 0 Å². The van der Waals surface area contributed by atoms with Crippen LogP contribution in [0.3, 0.4) is 0 Å². The number of fused-ring (bicyclic) bond motifs is 2. The van der Waals surface area contributed by atoms with E-state index in [1.807, 2.05) is 48.5 Å². The SMILES string of the molecule is FC(F)(F)c1ccccc1-c1nc(Cl)c2c(n1)CCN(Cc1ccccc1)C2.FC(F)(F)c1ccccc1-c1nc(Cl)c2c(n1)CN(Cc1ccccc1)CC2.FC(F)(F)c1ccccc1-c1nc(Cl)cc(-c2ccccc2Cl)n1.FC(F)(F)c1ccccc1-c1nc(Cl)cc(-c2ccccn2)n1.Fc1ccccc1-c1cc(Cl)nc(-c2ccccc2C(F)(F)F)n1. The Morgan fingerprint density at radius 1 is 0.276 bits per heavy atom. The number of nitrogens with zero attached hydrogens (tertiary/aromatic N) is 13. The largest absolute Gasteiger partial charge is 0.417 e. The molecule has 2 aliphatic rings. The lowest BCUT2D eigenvalue weighted by atomic mass is 10.0. The summed E-state index contributed by atoms with van der Waals surface area (Å²) in [6.45, 7) is 4.17. The van der Waals surface area contributed by atoms with Crippen molar-refractivity contribution in [1.29, 1.82) is 0 Å². The number of pyridine rings is 1. The summed E-state index contributed by atoms with van der Waals surface area (Å²) in [5.74, 6) is -0.932. The second-order valence-corrected chi connectivity index (χ2v) is 30.3. The van der Waals surface area contributed by atoms with Crippen LogP contribution in [-0.2, 0) is 69.9 Å². The molecule has 6 aromatic heterocycles. The molecule has 15 aromatic rings. The molecule has 9 aromatic carbocycles. The Balaban J connectivity index is 0.000000136. The molecule has 0 amide bonds. The van der Waals surface area contributed by atoms with E-state index in [1.165, 1.54) is 126 Å². The minimum Gasteiger partial charge on any atom is -0.294 e. The van der Waals surface area contributed by atoms with Crippen LogP contribution in [0, 0.1) is 5.82 Å². The van der Waals surface area contributed by atoms with Gasteiger partial charge in [0.1, 0.15) is 31.6 Å². The molecule has 13 nitrogen and oxygen atoms in total. The van der Waals surface area contributed by atoms with Gasteiger partial charge in [-0.3, -0.25) is 14.8 Å². The number of benzene rings is 9. The molecular formula is C92H61Cl6F16N13. The molecule has 0 saturated heterocycles. The number of hydrogen-bond acceptors (Lipinski definition) is 13. The number of alkyl halides is 15. The molecule has 0 fully saturated rings. The molecule has 0 atom stereocenters. The van der Waals surface area contributed by atoms with Crippen LogP contribution in [0.5, 0.6) is 0 Å². The molecule has 648 valence electrons. The second-order valence-electron chi connectivity index (χ2n) is 28.0. The zero-order chi connectivity index (χ0) is 90.5. The molecule has 35 heteroatoms. The Kier molecular flexibility index (Phi) is 29.5. The first kappa shape index (κ1) is 92.7. The molecule has 0 radical (unpaired) electrons. The van der Waals surface area contributed by atoms with Crippen LogP contribution in [0.1, 0.15) is 61.5 Å². The zero-order valence-electron chi connectivity index (χ0n) is 65.3. The molecule has 0 saturated carbocycles. The second kappa shape index (κ2) is 40.4. The van der Waals surface area contributed by atoms with Gasteiger partial charge in [0.15, 0.2) is 29.1 Å². The third-order valence-electron chi connectivity index (χ3n) is 19.4. The summed E-state index contributed by atoms with van der Waals surface area (Å²) < 4.78 is 213. The van der Waals surface area contributed by atoms with Crippen LogP contribution in [-0.4, -0.2) is 77.7 Å². The van der Waals surface area contributed by atoms with Crippen molar-refractivity contribution in [3.63, 3.8) is 0 Å². The Bertz CT molecular complexity index is 6230. The van der Waals surface area contributed by atoms with Gasteiger partial charge in [-0.15, -0.1) is 0 Å². The van der Waals surface area contributed by atoms with Crippen LogP contribution < -0.4 is 0 Å². The average molecular weight is 1870 g/mol. The fourth-order valence-electron chi connectivity index (χ4n) is 13.6. The van der Waals surface area contributed by atoms with E-state index >= 15 is 0 Å². The van der Waals surface area contributed by atoms with E-state index in [2.05, 4.69) is 76.8 Å². The Morgan fingerprint density at radius 2 is 0.598 bits per heavy atom.